The lowest BCUT2D eigenvalue weighted by Gasteiger charge is -2.31. The van der Waals surface area contributed by atoms with E-state index in [4.69, 9.17) is 5.26 Å². The van der Waals surface area contributed by atoms with Gasteiger partial charge in [0.15, 0.2) is 0 Å². The van der Waals surface area contributed by atoms with Crippen molar-refractivity contribution >= 4 is 0 Å². The maximum absolute atomic E-state index is 8.96. The summed E-state index contributed by atoms with van der Waals surface area (Å²) in [6.45, 7) is 4.45. The van der Waals surface area contributed by atoms with Gasteiger partial charge in [0.1, 0.15) is 0 Å². The van der Waals surface area contributed by atoms with Gasteiger partial charge in [0, 0.05) is 12.1 Å². The second kappa shape index (κ2) is 4.62. The van der Waals surface area contributed by atoms with Crippen LogP contribution in [0.2, 0.25) is 0 Å². The quantitative estimate of drug-likeness (QED) is 0.667. The van der Waals surface area contributed by atoms with E-state index in [0.29, 0.717) is 12.1 Å². The fourth-order valence-electron chi connectivity index (χ4n) is 2.19. The Balaban J connectivity index is 2.55. The summed E-state index contributed by atoms with van der Waals surface area (Å²) in [6.07, 6.45) is 4.70. The maximum atomic E-state index is 8.96. The molecule has 0 saturated heterocycles. The molecule has 0 bridgehead atoms. The van der Waals surface area contributed by atoms with Crippen molar-refractivity contribution in [2.75, 3.05) is 7.05 Å². The van der Waals surface area contributed by atoms with Gasteiger partial charge in [-0.05, 0) is 33.2 Å². The monoisotopic (exact) mass is 180 g/mol. The third-order valence-corrected chi connectivity index (χ3v) is 3.45. The van der Waals surface area contributed by atoms with E-state index < -0.39 is 0 Å². The Morgan fingerprint density at radius 3 is 2.77 bits per heavy atom. The Labute approximate surface area is 81.5 Å². The van der Waals surface area contributed by atoms with E-state index in [1.165, 1.54) is 19.3 Å². The standard InChI is InChI=1S/C11H20N2/c1-4-9(2)13(3)11-7-5-6-10(11)8-12/h9-11H,4-7H2,1-3H3. The molecule has 1 rings (SSSR count). The first-order chi connectivity index (χ1) is 6.20. The molecule has 0 spiro atoms. The van der Waals surface area contributed by atoms with Crippen LogP contribution in [-0.2, 0) is 0 Å². The molecule has 3 unspecified atom stereocenters. The minimum absolute atomic E-state index is 0.277. The number of rotatable bonds is 3. The van der Waals surface area contributed by atoms with Gasteiger partial charge in [-0.25, -0.2) is 0 Å². The number of nitriles is 1. The fraction of sp³-hybridized carbons (Fsp3) is 0.909. The van der Waals surface area contributed by atoms with E-state index in [0.717, 1.165) is 6.42 Å². The molecule has 2 nitrogen and oxygen atoms in total. The summed E-state index contributed by atoms with van der Waals surface area (Å²) in [7, 11) is 2.16. The van der Waals surface area contributed by atoms with Crippen molar-refractivity contribution in [2.24, 2.45) is 5.92 Å². The largest absolute Gasteiger partial charge is 0.299 e. The van der Waals surface area contributed by atoms with Crippen LogP contribution in [0, 0.1) is 17.2 Å². The summed E-state index contributed by atoms with van der Waals surface area (Å²) >= 11 is 0. The van der Waals surface area contributed by atoms with Crippen LogP contribution in [0.4, 0.5) is 0 Å². The highest BCUT2D eigenvalue weighted by Crippen LogP contribution is 2.29. The van der Waals surface area contributed by atoms with Gasteiger partial charge in [0.05, 0.1) is 12.0 Å². The zero-order chi connectivity index (χ0) is 9.84. The minimum atomic E-state index is 0.277. The summed E-state index contributed by atoms with van der Waals surface area (Å²) in [5.41, 5.74) is 0. The van der Waals surface area contributed by atoms with E-state index in [2.05, 4.69) is 31.9 Å². The van der Waals surface area contributed by atoms with Crippen LogP contribution in [0.5, 0.6) is 0 Å². The summed E-state index contributed by atoms with van der Waals surface area (Å²) in [5, 5.41) is 8.96. The molecule has 0 radical (unpaired) electrons. The smallest absolute Gasteiger partial charge is 0.0672 e. The van der Waals surface area contributed by atoms with Crippen LogP contribution >= 0.6 is 0 Å². The molecular formula is C11H20N2. The number of hydrogen-bond donors (Lipinski definition) is 0. The highest BCUT2D eigenvalue weighted by atomic mass is 15.2. The molecule has 0 heterocycles. The van der Waals surface area contributed by atoms with Crippen LogP contribution in [-0.4, -0.2) is 24.0 Å². The van der Waals surface area contributed by atoms with Crippen molar-refractivity contribution in [1.29, 1.82) is 5.26 Å². The molecule has 1 fully saturated rings. The third kappa shape index (κ3) is 2.22. The van der Waals surface area contributed by atoms with E-state index in [9.17, 15) is 0 Å². The predicted octanol–water partition coefficient (Wildman–Crippen LogP) is 2.41. The number of nitrogens with zero attached hydrogens (tertiary/aromatic N) is 2. The molecule has 2 heteroatoms. The zero-order valence-electron chi connectivity index (χ0n) is 8.95. The van der Waals surface area contributed by atoms with Crippen LogP contribution in [0.15, 0.2) is 0 Å². The second-order valence-electron chi connectivity index (χ2n) is 4.16. The van der Waals surface area contributed by atoms with Crippen LogP contribution < -0.4 is 0 Å². The second-order valence-corrected chi connectivity index (χ2v) is 4.16. The van der Waals surface area contributed by atoms with Gasteiger partial charge in [0.2, 0.25) is 0 Å². The van der Waals surface area contributed by atoms with Crippen molar-refractivity contribution in [3.8, 4) is 6.07 Å². The Bertz CT molecular complexity index is 195. The lowest BCUT2D eigenvalue weighted by molar-refractivity contribution is 0.163. The van der Waals surface area contributed by atoms with Gasteiger partial charge >= 0.3 is 0 Å². The molecule has 1 saturated carbocycles. The molecule has 0 N–H and O–H groups in total. The molecule has 74 valence electrons. The highest BCUT2D eigenvalue weighted by Gasteiger charge is 2.31. The molecule has 0 aromatic rings. The van der Waals surface area contributed by atoms with Gasteiger partial charge < -0.3 is 0 Å². The Morgan fingerprint density at radius 1 is 1.54 bits per heavy atom. The van der Waals surface area contributed by atoms with Gasteiger partial charge in [0.25, 0.3) is 0 Å². The van der Waals surface area contributed by atoms with Gasteiger partial charge in [-0.2, -0.15) is 5.26 Å². The third-order valence-electron chi connectivity index (χ3n) is 3.45. The molecule has 0 amide bonds. The van der Waals surface area contributed by atoms with Crippen molar-refractivity contribution in [3.63, 3.8) is 0 Å². The summed E-state index contributed by atoms with van der Waals surface area (Å²) in [4.78, 5) is 2.39. The van der Waals surface area contributed by atoms with Gasteiger partial charge in [-0.15, -0.1) is 0 Å². The molecule has 0 aromatic heterocycles. The molecule has 0 aromatic carbocycles. The van der Waals surface area contributed by atoms with Crippen LogP contribution in [0.1, 0.15) is 39.5 Å². The summed E-state index contributed by atoms with van der Waals surface area (Å²) in [5.74, 6) is 0.277. The normalized spacial score (nSPS) is 30.4. The van der Waals surface area contributed by atoms with Crippen molar-refractivity contribution in [1.82, 2.24) is 4.90 Å². The molecular weight excluding hydrogens is 160 g/mol. The fourth-order valence-corrected chi connectivity index (χ4v) is 2.19. The Hall–Kier alpha value is -0.550. The molecule has 13 heavy (non-hydrogen) atoms. The van der Waals surface area contributed by atoms with Crippen LogP contribution in [0.25, 0.3) is 0 Å². The first kappa shape index (κ1) is 10.5. The molecule has 1 aliphatic carbocycles. The lowest BCUT2D eigenvalue weighted by atomic mass is 10.0. The average Bonchev–Trinajstić information content (AvgIpc) is 2.62. The summed E-state index contributed by atoms with van der Waals surface area (Å²) < 4.78 is 0. The van der Waals surface area contributed by atoms with Crippen LogP contribution in [0.3, 0.4) is 0 Å². The van der Waals surface area contributed by atoms with Crippen molar-refractivity contribution < 1.29 is 0 Å². The average molecular weight is 180 g/mol. The zero-order valence-corrected chi connectivity index (χ0v) is 8.95. The van der Waals surface area contributed by atoms with Crippen molar-refractivity contribution in [2.45, 2.75) is 51.6 Å². The lowest BCUT2D eigenvalue weighted by Crippen LogP contribution is -2.40. The van der Waals surface area contributed by atoms with E-state index in [-0.39, 0.29) is 5.92 Å². The molecule has 0 aliphatic heterocycles. The highest BCUT2D eigenvalue weighted by molar-refractivity contribution is 4.97. The Kier molecular flexibility index (Phi) is 3.74. The first-order valence-electron chi connectivity index (χ1n) is 5.32. The summed E-state index contributed by atoms with van der Waals surface area (Å²) in [6, 6.07) is 3.56. The van der Waals surface area contributed by atoms with E-state index in [1.807, 2.05) is 0 Å². The predicted molar refractivity (Wildman–Crippen MR) is 54.3 cm³/mol. The molecule has 3 atom stereocenters. The number of hydrogen-bond acceptors (Lipinski definition) is 2. The maximum Gasteiger partial charge on any atom is 0.0672 e. The van der Waals surface area contributed by atoms with E-state index >= 15 is 0 Å². The SMILES string of the molecule is CCC(C)N(C)C1CCCC1C#N. The minimum Gasteiger partial charge on any atom is -0.299 e. The van der Waals surface area contributed by atoms with Gasteiger partial charge in [-0.3, -0.25) is 4.90 Å². The van der Waals surface area contributed by atoms with E-state index in [1.54, 1.807) is 0 Å². The van der Waals surface area contributed by atoms with Crippen molar-refractivity contribution in [3.05, 3.63) is 0 Å². The van der Waals surface area contributed by atoms with Gasteiger partial charge in [-0.1, -0.05) is 13.3 Å². The Morgan fingerprint density at radius 2 is 2.23 bits per heavy atom. The molecule has 1 aliphatic rings. The first-order valence-corrected chi connectivity index (χ1v) is 5.32. The topological polar surface area (TPSA) is 27.0 Å².